The van der Waals surface area contributed by atoms with Crippen molar-refractivity contribution in [1.29, 1.82) is 0 Å². The first-order chi connectivity index (χ1) is 15.6. The lowest BCUT2D eigenvalue weighted by molar-refractivity contribution is -0.143. The van der Waals surface area contributed by atoms with Crippen LogP contribution < -0.4 is 0 Å². The maximum absolute atomic E-state index is 11.7. The van der Waals surface area contributed by atoms with Crippen molar-refractivity contribution in [2.45, 2.75) is 38.0 Å². The number of aryl methyl sites for hydroxylation is 1. The van der Waals surface area contributed by atoms with E-state index in [2.05, 4.69) is 90.5 Å². The fraction of sp³-hybridized carbons (Fsp3) is 0.276. The number of hydrogen-bond acceptors (Lipinski definition) is 1. The Labute approximate surface area is 189 Å². The monoisotopic (exact) mass is 423 g/mol. The Morgan fingerprint density at radius 3 is 2.34 bits per heavy atom. The zero-order chi connectivity index (χ0) is 22.1. The summed E-state index contributed by atoms with van der Waals surface area (Å²) in [5.41, 5.74) is 7.48. The van der Waals surface area contributed by atoms with Gasteiger partial charge in [-0.3, -0.25) is 4.79 Å². The number of nitrogens with zero attached hydrogens (tertiary/aromatic N) is 1. The maximum Gasteiger partial charge on any atom is 0.307 e. The molecule has 1 aliphatic rings. The van der Waals surface area contributed by atoms with Crippen molar-refractivity contribution in [3.8, 4) is 11.3 Å². The highest BCUT2D eigenvalue weighted by Gasteiger charge is 2.31. The second-order valence-electron chi connectivity index (χ2n) is 9.02. The number of carbonyl (C=O) groups is 1. The number of aromatic nitrogens is 1. The molecule has 0 spiro atoms. The Balaban J connectivity index is 1.51. The van der Waals surface area contributed by atoms with Crippen molar-refractivity contribution in [2.24, 2.45) is 13.0 Å². The second-order valence-corrected chi connectivity index (χ2v) is 9.02. The highest BCUT2D eigenvalue weighted by molar-refractivity contribution is 5.92. The molecule has 1 N–H and O–H groups in total. The number of fused-ring (bicyclic) bond motifs is 1. The quantitative estimate of drug-likeness (QED) is 0.384. The van der Waals surface area contributed by atoms with Crippen LogP contribution in [0.4, 0.5) is 0 Å². The first-order valence-electron chi connectivity index (χ1n) is 11.6. The molecule has 1 saturated carbocycles. The van der Waals surface area contributed by atoms with E-state index >= 15 is 0 Å². The zero-order valence-electron chi connectivity index (χ0n) is 18.5. The molecule has 3 aromatic carbocycles. The van der Waals surface area contributed by atoms with Crippen LogP contribution in [0.25, 0.3) is 22.2 Å². The number of carboxylic acids is 1. The van der Waals surface area contributed by atoms with Gasteiger partial charge in [-0.05, 0) is 47.1 Å². The van der Waals surface area contributed by atoms with Gasteiger partial charge in [-0.15, -0.1) is 0 Å². The van der Waals surface area contributed by atoms with Gasteiger partial charge >= 0.3 is 5.97 Å². The molecule has 2 atom stereocenters. The Bertz CT molecular complexity index is 1240. The fourth-order valence-corrected chi connectivity index (χ4v) is 5.53. The summed E-state index contributed by atoms with van der Waals surface area (Å²) < 4.78 is 2.30. The lowest BCUT2D eigenvalue weighted by atomic mass is 9.75. The van der Waals surface area contributed by atoms with Crippen molar-refractivity contribution in [1.82, 2.24) is 4.57 Å². The lowest BCUT2D eigenvalue weighted by Crippen LogP contribution is -2.25. The third-order valence-corrected chi connectivity index (χ3v) is 7.13. The van der Waals surface area contributed by atoms with E-state index in [1.807, 2.05) is 0 Å². The summed E-state index contributed by atoms with van der Waals surface area (Å²) in [6, 6.07) is 27.9. The standard InChI is InChI=1S/C29H29NO2/c1-30-27-14-8-7-12-24(27)26(28(30)22-9-3-2-4-10-22)19-20-15-17-21(18-16-20)23-11-5-6-13-25(23)29(31)32/h2-4,7-10,12,14-18,23,25H,5-6,11,13,19H2,1H3,(H,31,32)/t23-,25+/m0/s1. The molecular formula is C29H29NO2. The molecular weight excluding hydrogens is 394 g/mol. The molecule has 1 aromatic heterocycles. The zero-order valence-corrected chi connectivity index (χ0v) is 18.5. The Hall–Kier alpha value is -3.33. The largest absolute Gasteiger partial charge is 0.481 e. The molecule has 1 fully saturated rings. The van der Waals surface area contributed by atoms with Crippen molar-refractivity contribution in [3.63, 3.8) is 0 Å². The summed E-state index contributed by atoms with van der Waals surface area (Å²) >= 11 is 0. The maximum atomic E-state index is 11.7. The van der Waals surface area contributed by atoms with Gasteiger partial charge in [-0.2, -0.15) is 0 Å². The number of benzene rings is 3. The lowest BCUT2D eigenvalue weighted by Gasteiger charge is -2.29. The third-order valence-electron chi connectivity index (χ3n) is 7.13. The van der Waals surface area contributed by atoms with Crippen LogP contribution in [0.15, 0.2) is 78.9 Å². The van der Waals surface area contributed by atoms with E-state index in [1.54, 1.807) is 0 Å². The number of para-hydroxylation sites is 1. The van der Waals surface area contributed by atoms with Crippen LogP contribution in [-0.2, 0) is 18.3 Å². The Morgan fingerprint density at radius 1 is 0.906 bits per heavy atom. The van der Waals surface area contributed by atoms with Gasteiger partial charge in [0.2, 0.25) is 0 Å². The van der Waals surface area contributed by atoms with Crippen LogP contribution in [-0.4, -0.2) is 15.6 Å². The molecule has 1 aliphatic carbocycles. The number of hydrogen-bond donors (Lipinski definition) is 1. The fourth-order valence-electron chi connectivity index (χ4n) is 5.53. The minimum atomic E-state index is -0.651. The van der Waals surface area contributed by atoms with Gasteiger partial charge in [-0.25, -0.2) is 0 Å². The van der Waals surface area contributed by atoms with E-state index in [0.717, 1.165) is 32.1 Å². The summed E-state index contributed by atoms with van der Waals surface area (Å²) in [6.45, 7) is 0. The van der Waals surface area contributed by atoms with Crippen molar-refractivity contribution < 1.29 is 9.90 Å². The van der Waals surface area contributed by atoms with Crippen LogP contribution in [0, 0.1) is 5.92 Å². The summed E-state index contributed by atoms with van der Waals surface area (Å²) in [6.07, 6.45) is 4.75. The summed E-state index contributed by atoms with van der Waals surface area (Å²) in [5.74, 6) is -0.771. The van der Waals surface area contributed by atoms with Gasteiger partial charge in [0.1, 0.15) is 0 Å². The molecule has 0 aliphatic heterocycles. The Kier molecular flexibility index (Phi) is 5.57. The highest BCUT2D eigenvalue weighted by Crippen LogP contribution is 2.39. The minimum absolute atomic E-state index is 0.132. The smallest absolute Gasteiger partial charge is 0.307 e. The average molecular weight is 424 g/mol. The van der Waals surface area contributed by atoms with E-state index < -0.39 is 5.97 Å². The molecule has 3 heteroatoms. The molecule has 0 unspecified atom stereocenters. The first-order valence-corrected chi connectivity index (χ1v) is 11.6. The van der Waals surface area contributed by atoms with Gasteiger partial charge in [0.05, 0.1) is 11.6 Å². The molecule has 0 radical (unpaired) electrons. The molecule has 3 nitrogen and oxygen atoms in total. The minimum Gasteiger partial charge on any atom is -0.481 e. The highest BCUT2D eigenvalue weighted by atomic mass is 16.4. The molecule has 5 rings (SSSR count). The number of carboxylic acid groups (broad SMARTS) is 1. The molecule has 1 heterocycles. The van der Waals surface area contributed by atoms with Crippen LogP contribution >= 0.6 is 0 Å². The van der Waals surface area contributed by atoms with E-state index in [0.29, 0.717) is 0 Å². The predicted molar refractivity (Wildman–Crippen MR) is 130 cm³/mol. The molecule has 0 bridgehead atoms. The van der Waals surface area contributed by atoms with Gasteiger partial charge in [-0.1, -0.05) is 85.6 Å². The van der Waals surface area contributed by atoms with E-state index in [9.17, 15) is 9.90 Å². The molecule has 0 amide bonds. The topological polar surface area (TPSA) is 42.2 Å². The van der Waals surface area contributed by atoms with Crippen LogP contribution in [0.3, 0.4) is 0 Å². The van der Waals surface area contributed by atoms with E-state index in [-0.39, 0.29) is 11.8 Å². The number of rotatable bonds is 5. The van der Waals surface area contributed by atoms with Gasteiger partial charge in [0.25, 0.3) is 0 Å². The summed E-state index contributed by atoms with van der Waals surface area (Å²) in [4.78, 5) is 11.7. The summed E-state index contributed by atoms with van der Waals surface area (Å²) in [7, 11) is 2.15. The molecule has 32 heavy (non-hydrogen) atoms. The molecule has 4 aromatic rings. The van der Waals surface area contributed by atoms with Gasteiger partial charge in [0.15, 0.2) is 0 Å². The predicted octanol–water partition coefficient (Wildman–Crippen LogP) is 6.79. The first kappa shape index (κ1) is 20.6. The van der Waals surface area contributed by atoms with Gasteiger partial charge in [0, 0.05) is 24.4 Å². The number of aliphatic carboxylic acids is 1. The van der Waals surface area contributed by atoms with Crippen molar-refractivity contribution in [2.75, 3.05) is 0 Å². The SMILES string of the molecule is Cn1c(-c2ccccc2)c(Cc2ccc([C@@H]3CCCC[C@H]3C(=O)O)cc2)c2ccccc21. The van der Waals surface area contributed by atoms with Crippen LogP contribution in [0.1, 0.15) is 48.3 Å². The normalized spacial score (nSPS) is 18.7. The molecule has 162 valence electrons. The van der Waals surface area contributed by atoms with Crippen molar-refractivity contribution >= 4 is 16.9 Å². The Morgan fingerprint density at radius 2 is 1.59 bits per heavy atom. The summed E-state index contributed by atoms with van der Waals surface area (Å²) in [5, 5.41) is 10.9. The van der Waals surface area contributed by atoms with Crippen LogP contribution in [0.5, 0.6) is 0 Å². The average Bonchev–Trinajstić information content (AvgIpc) is 3.11. The third kappa shape index (κ3) is 3.73. The second kappa shape index (κ2) is 8.66. The van der Waals surface area contributed by atoms with Gasteiger partial charge < -0.3 is 9.67 Å². The van der Waals surface area contributed by atoms with E-state index in [4.69, 9.17) is 0 Å². The van der Waals surface area contributed by atoms with Crippen LogP contribution in [0.2, 0.25) is 0 Å². The van der Waals surface area contributed by atoms with E-state index in [1.165, 1.54) is 38.9 Å². The molecule has 0 saturated heterocycles. The van der Waals surface area contributed by atoms with Crippen molar-refractivity contribution in [3.05, 3.63) is 95.6 Å².